The largest absolute Gasteiger partial charge is 0.398 e. The van der Waals surface area contributed by atoms with E-state index in [1.54, 1.807) is 12.1 Å². The van der Waals surface area contributed by atoms with Crippen molar-refractivity contribution in [2.24, 2.45) is 0 Å². The molecular formula is C14H21BrN2O2S. The van der Waals surface area contributed by atoms with Crippen LogP contribution in [0.15, 0.2) is 27.6 Å². The van der Waals surface area contributed by atoms with Crippen LogP contribution in [0.1, 0.15) is 44.9 Å². The van der Waals surface area contributed by atoms with Gasteiger partial charge in [0.25, 0.3) is 0 Å². The number of sulfonamides is 1. The summed E-state index contributed by atoms with van der Waals surface area (Å²) in [5, 5.41) is 0. The molecule has 112 valence electrons. The summed E-state index contributed by atoms with van der Waals surface area (Å²) in [4.78, 5) is 0.236. The molecule has 1 aromatic carbocycles. The number of nitrogen functional groups attached to an aromatic ring is 1. The molecule has 1 fully saturated rings. The van der Waals surface area contributed by atoms with Gasteiger partial charge in [-0.25, -0.2) is 13.1 Å². The molecule has 0 aromatic heterocycles. The van der Waals surface area contributed by atoms with E-state index >= 15 is 0 Å². The molecule has 0 saturated heterocycles. The van der Waals surface area contributed by atoms with Gasteiger partial charge >= 0.3 is 0 Å². The van der Waals surface area contributed by atoms with Gasteiger partial charge < -0.3 is 5.73 Å². The number of halogens is 1. The van der Waals surface area contributed by atoms with Crippen LogP contribution < -0.4 is 10.5 Å². The second-order valence-electron chi connectivity index (χ2n) is 5.35. The molecule has 0 aliphatic heterocycles. The fraction of sp³-hybridized carbons (Fsp3) is 0.571. The Morgan fingerprint density at radius 1 is 1.10 bits per heavy atom. The van der Waals surface area contributed by atoms with E-state index in [-0.39, 0.29) is 10.9 Å². The Morgan fingerprint density at radius 2 is 1.70 bits per heavy atom. The molecule has 0 amide bonds. The predicted octanol–water partition coefficient (Wildman–Crippen LogP) is 3.42. The Hall–Kier alpha value is -0.590. The molecule has 6 heteroatoms. The van der Waals surface area contributed by atoms with Crippen LogP contribution in [0.4, 0.5) is 5.69 Å². The minimum Gasteiger partial charge on any atom is -0.398 e. The van der Waals surface area contributed by atoms with Gasteiger partial charge in [0.15, 0.2) is 0 Å². The third kappa shape index (κ3) is 4.20. The van der Waals surface area contributed by atoms with Gasteiger partial charge in [-0.15, -0.1) is 0 Å². The summed E-state index contributed by atoms with van der Waals surface area (Å²) in [6, 6.07) is 4.79. The zero-order valence-corrected chi connectivity index (χ0v) is 13.8. The maximum Gasteiger partial charge on any atom is 0.240 e. The first-order valence-electron chi connectivity index (χ1n) is 7.06. The van der Waals surface area contributed by atoms with E-state index in [0.717, 1.165) is 25.7 Å². The van der Waals surface area contributed by atoms with Crippen LogP contribution in [-0.4, -0.2) is 14.5 Å². The Bertz CT molecular complexity index is 552. The van der Waals surface area contributed by atoms with E-state index in [1.807, 2.05) is 0 Å². The number of nitrogens with one attached hydrogen (secondary N) is 1. The van der Waals surface area contributed by atoms with Crippen LogP contribution in [0, 0.1) is 0 Å². The standard InChI is InChI=1S/C14H21BrN2O2S/c15-13-9-8-12(10-14(13)16)20(18,19)17-11-6-4-2-1-3-5-7-11/h8-11,17H,1-7,16H2. The monoisotopic (exact) mass is 360 g/mol. The lowest BCUT2D eigenvalue weighted by Gasteiger charge is -2.21. The fourth-order valence-corrected chi connectivity index (χ4v) is 4.14. The lowest BCUT2D eigenvalue weighted by molar-refractivity contribution is 0.426. The number of hydrogen-bond donors (Lipinski definition) is 2. The van der Waals surface area contributed by atoms with Gasteiger partial charge in [0, 0.05) is 16.2 Å². The van der Waals surface area contributed by atoms with Gasteiger partial charge in [0.2, 0.25) is 10.0 Å². The van der Waals surface area contributed by atoms with Crippen molar-refractivity contribution >= 4 is 31.6 Å². The molecule has 1 saturated carbocycles. The minimum absolute atomic E-state index is 0.0465. The summed E-state index contributed by atoms with van der Waals surface area (Å²) in [7, 11) is -3.48. The number of nitrogens with two attached hydrogens (primary N) is 1. The minimum atomic E-state index is -3.48. The average Bonchev–Trinajstić information content (AvgIpc) is 2.35. The van der Waals surface area contributed by atoms with Crippen molar-refractivity contribution < 1.29 is 8.42 Å². The summed E-state index contributed by atoms with van der Waals surface area (Å²) >= 11 is 3.27. The molecular weight excluding hydrogens is 340 g/mol. The van der Waals surface area contributed by atoms with Crippen LogP contribution in [0.5, 0.6) is 0 Å². The highest BCUT2D eigenvalue weighted by Gasteiger charge is 2.21. The molecule has 0 unspecified atom stereocenters. The molecule has 0 bridgehead atoms. The maximum atomic E-state index is 12.4. The zero-order valence-electron chi connectivity index (χ0n) is 11.4. The molecule has 0 radical (unpaired) electrons. The Morgan fingerprint density at radius 3 is 2.30 bits per heavy atom. The van der Waals surface area contributed by atoms with Crippen LogP contribution in [0.2, 0.25) is 0 Å². The van der Waals surface area contributed by atoms with Gasteiger partial charge in [0.05, 0.1) is 4.90 Å². The summed E-state index contributed by atoms with van der Waals surface area (Å²) < 4.78 is 28.3. The molecule has 0 heterocycles. The smallest absolute Gasteiger partial charge is 0.240 e. The van der Waals surface area contributed by atoms with Crippen LogP contribution in [0.3, 0.4) is 0 Å². The molecule has 1 aromatic rings. The van der Waals surface area contributed by atoms with E-state index in [1.165, 1.54) is 25.3 Å². The molecule has 3 N–H and O–H groups in total. The summed E-state index contributed by atoms with van der Waals surface area (Å²) in [5.74, 6) is 0. The first-order valence-corrected chi connectivity index (χ1v) is 9.34. The van der Waals surface area contributed by atoms with Gasteiger partial charge in [-0.05, 0) is 47.0 Å². The van der Waals surface area contributed by atoms with Crippen molar-refractivity contribution in [3.05, 3.63) is 22.7 Å². The molecule has 0 atom stereocenters. The highest BCUT2D eigenvalue weighted by molar-refractivity contribution is 9.10. The van der Waals surface area contributed by atoms with Gasteiger partial charge in [-0.3, -0.25) is 0 Å². The normalized spacial score (nSPS) is 18.4. The van der Waals surface area contributed by atoms with Gasteiger partial charge in [-0.2, -0.15) is 0 Å². The zero-order chi connectivity index (χ0) is 14.6. The van der Waals surface area contributed by atoms with Crippen molar-refractivity contribution in [1.29, 1.82) is 0 Å². The summed E-state index contributed by atoms with van der Waals surface area (Å²) in [6.45, 7) is 0. The van der Waals surface area contributed by atoms with E-state index in [2.05, 4.69) is 20.7 Å². The third-order valence-electron chi connectivity index (χ3n) is 3.70. The molecule has 4 nitrogen and oxygen atoms in total. The van der Waals surface area contributed by atoms with E-state index in [9.17, 15) is 8.42 Å². The van der Waals surface area contributed by atoms with Gasteiger partial charge in [-0.1, -0.05) is 32.1 Å². The number of hydrogen-bond acceptors (Lipinski definition) is 3. The quantitative estimate of drug-likeness (QED) is 0.811. The highest BCUT2D eigenvalue weighted by Crippen LogP contribution is 2.24. The lowest BCUT2D eigenvalue weighted by Crippen LogP contribution is -2.35. The SMILES string of the molecule is Nc1cc(S(=O)(=O)NC2CCCCCCC2)ccc1Br. The molecule has 1 aliphatic rings. The average molecular weight is 361 g/mol. The first-order chi connectivity index (χ1) is 9.49. The summed E-state index contributed by atoms with van der Waals surface area (Å²) in [6.07, 6.45) is 7.69. The second-order valence-corrected chi connectivity index (χ2v) is 7.91. The lowest BCUT2D eigenvalue weighted by atomic mass is 9.97. The molecule has 0 spiro atoms. The van der Waals surface area contributed by atoms with Crippen LogP contribution in [0.25, 0.3) is 0 Å². The third-order valence-corrected chi connectivity index (χ3v) is 5.95. The number of benzene rings is 1. The summed E-state index contributed by atoms with van der Waals surface area (Å²) in [5.41, 5.74) is 6.19. The molecule has 1 aliphatic carbocycles. The van der Waals surface area contributed by atoms with E-state index in [4.69, 9.17) is 5.73 Å². The van der Waals surface area contributed by atoms with Gasteiger partial charge in [0.1, 0.15) is 0 Å². The van der Waals surface area contributed by atoms with Crippen LogP contribution >= 0.6 is 15.9 Å². The van der Waals surface area contributed by atoms with Crippen molar-refractivity contribution in [3.8, 4) is 0 Å². The van der Waals surface area contributed by atoms with E-state index < -0.39 is 10.0 Å². The van der Waals surface area contributed by atoms with Crippen molar-refractivity contribution in [1.82, 2.24) is 4.72 Å². The van der Waals surface area contributed by atoms with E-state index in [0.29, 0.717) is 10.2 Å². The molecule has 2 rings (SSSR count). The Balaban J connectivity index is 2.10. The highest BCUT2D eigenvalue weighted by atomic mass is 79.9. The number of rotatable bonds is 3. The Labute approximate surface area is 129 Å². The second kappa shape index (κ2) is 6.91. The topological polar surface area (TPSA) is 72.2 Å². The van der Waals surface area contributed by atoms with Crippen LogP contribution in [-0.2, 0) is 10.0 Å². The van der Waals surface area contributed by atoms with Crippen molar-refractivity contribution in [2.75, 3.05) is 5.73 Å². The first kappa shape index (κ1) is 15.8. The Kier molecular flexibility index (Phi) is 5.46. The van der Waals surface area contributed by atoms with Crippen molar-refractivity contribution in [3.63, 3.8) is 0 Å². The van der Waals surface area contributed by atoms with Crippen molar-refractivity contribution in [2.45, 2.75) is 55.9 Å². The number of anilines is 1. The maximum absolute atomic E-state index is 12.4. The fourth-order valence-electron chi connectivity index (χ4n) is 2.55. The predicted molar refractivity (Wildman–Crippen MR) is 85.0 cm³/mol. The molecule has 20 heavy (non-hydrogen) atoms.